The molecule has 2 N–H and O–H groups in total. The summed E-state index contributed by atoms with van der Waals surface area (Å²) < 4.78 is 16.1. The summed E-state index contributed by atoms with van der Waals surface area (Å²) in [7, 11) is 0. The zero-order valence-corrected chi connectivity index (χ0v) is 20.0. The number of hydrogen-bond donors (Lipinski definition) is 1. The Hall–Kier alpha value is -3.41. The molecule has 5 rings (SSSR count). The quantitative estimate of drug-likeness (QED) is 0.584. The van der Waals surface area contributed by atoms with Crippen molar-refractivity contribution in [2.45, 2.75) is 31.7 Å². The van der Waals surface area contributed by atoms with E-state index in [4.69, 9.17) is 22.6 Å². The first kappa shape index (κ1) is 23.3. The summed E-state index contributed by atoms with van der Waals surface area (Å²) in [5.74, 6) is -0.859. The van der Waals surface area contributed by atoms with Gasteiger partial charge < -0.3 is 15.5 Å². The van der Waals surface area contributed by atoms with Gasteiger partial charge in [-0.25, -0.2) is 9.07 Å². The highest BCUT2D eigenvalue weighted by Gasteiger charge is 2.26. The van der Waals surface area contributed by atoms with Gasteiger partial charge in [-0.2, -0.15) is 10.4 Å². The third kappa shape index (κ3) is 4.62. The number of likely N-dealkylation sites (tertiary alicyclic amines) is 1. The lowest BCUT2D eigenvalue weighted by Gasteiger charge is -2.30. The van der Waals surface area contributed by atoms with E-state index in [1.807, 2.05) is 24.3 Å². The summed E-state index contributed by atoms with van der Waals surface area (Å²) in [5, 5.41) is 14.2. The van der Waals surface area contributed by atoms with E-state index in [0.29, 0.717) is 35.1 Å². The number of benzene rings is 2. The number of nitrogens with zero attached hydrogens (tertiary/aromatic N) is 5. The van der Waals surface area contributed by atoms with E-state index in [1.165, 1.54) is 12.1 Å². The van der Waals surface area contributed by atoms with Crippen LogP contribution in [0.4, 0.5) is 10.1 Å². The van der Waals surface area contributed by atoms with Crippen molar-refractivity contribution in [3.63, 3.8) is 0 Å². The number of aromatic nitrogens is 2. The smallest absolute Gasteiger partial charge is 0.274 e. The van der Waals surface area contributed by atoms with Crippen LogP contribution in [0.5, 0.6) is 0 Å². The fourth-order valence-corrected chi connectivity index (χ4v) is 5.09. The third-order valence-electron chi connectivity index (χ3n) is 6.69. The summed E-state index contributed by atoms with van der Waals surface area (Å²) in [4.78, 5) is 17.3. The van der Waals surface area contributed by atoms with Crippen LogP contribution >= 0.6 is 11.6 Å². The number of hydrogen-bond acceptors (Lipinski definition) is 5. The molecule has 1 atom stereocenters. The average Bonchev–Trinajstić information content (AvgIpc) is 3.54. The predicted molar refractivity (Wildman–Crippen MR) is 133 cm³/mol. The molecule has 180 valence electrons. The lowest BCUT2D eigenvalue weighted by Crippen LogP contribution is -2.45. The van der Waals surface area contributed by atoms with Crippen molar-refractivity contribution in [3.8, 4) is 23.0 Å². The standard InChI is InChI=1S/C26H26ClFN6O/c27-21-13-20(32-9-1-2-10-32)7-8-24(21)34-25(17-5-6-18(15-29)22(28)12-17)14-23(31-34)26(35)33-11-3-4-19(30)16-33/h5-8,12-14,19H,1-4,9-11,16,30H2. The highest BCUT2D eigenvalue weighted by atomic mass is 35.5. The van der Waals surface area contributed by atoms with Crippen LogP contribution in [0.1, 0.15) is 41.7 Å². The summed E-state index contributed by atoms with van der Waals surface area (Å²) >= 11 is 6.72. The lowest BCUT2D eigenvalue weighted by molar-refractivity contribution is 0.0702. The summed E-state index contributed by atoms with van der Waals surface area (Å²) in [5.41, 5.74) is 8.88. The van der Waals surface area contributed by atoms with Gasteiger partial charge in [0.25, 0.3) is 5.91 Å². The van der Waals surface area contributed by atoms with Crippen molar-refractivity contribution in [1.29, 1.82) is 5.26 Å². The normalized spacial score (nSPS) is 18.1. The van der Waals surface area contributed by atoms with Gasteiger partial charge in [-0.15, -0.1) is 0 Å². The minimum absolute atomic E-state index is 0.0496. The second-order valence-electron chi connectivity index (χ2n) is 9.12. The van der Waals surface area contributed by atoms with Gasteiger partial charge in [-0.3, -0.25) is 4.79 Å². The van der Waals surface area contributed by atoms with E-state index in [1.54, 1.807) is 21.7 Å². The molecule has 2 aliphatic heterocycles. The number of nitrogens with two attached hydrogens (primary N) is 1. The summed E-state index contributed by atoms with van der Waals surface area (Å²) in [6.07, 6.45) is 4.02. The van der Waals surface area contributed by atoms with Crippen LogP contribution in [0, 0.1) is 17.1 Å². The molecule has 2 aromatic carbocycles. The number of anilines is 1. The molecule has 0 radical (unpaired) electrons. The number of carbonyl (C=O) groups is 1. The molecule has 1 amide bonds. The fourth-order valence-electron chi connectivity index (χ4n) is 4.84. The predicted octanol–water partition coefficient (Wildman–Crippen LogP) is 4.37. The van der Waals surface area contributed by atoms with Crippen LogP contribution in [-0.4, -0.2) is 52.8 Å². The van der Waals surface area contributed by atoms with E-state index >= 15 is 0 Å². The Morgan fingerprint density at radius 2 is 1.91 bits per heavy atom. The molecule has 1 aromatic heterocycles. The minimum atomic E-state index is -0.636. The van der Waals surface area contributed by atoms with Crippen LogP contribution in [0.2, 0.25) is 5.02 Å². The van der Waals surface area contributed by atoms with Crippen molar-refractivity contribution in [2.75, 3.05) is 31.1 Å². The van der Waals surface area contributed by atoms with Gasteiger partial charge in [0.2, 0.25) is 0 Å². The SMILES string of the molecule is N#Cc1ccc(-c2cc(C(=O)N3CCCC(N)C3)nn2-c2ccc(N3CCCC3)cc2Cl)cc1F. The molecule has 35 heavy (non-hydrogen) atoms. The molecular formula is C26H26ClFN6O. The second-order valence-corrected chi connectivity index (χ2v) is 9.52. The number of halogens is 2. The zero-order chi connectivity index (χ0) is 24.5. The van der Waals surface area contributed by atoms with Crippen LogP contribution in [0.3, 0.4) is 0 Å². The van der Waals surface area contributed by atoms with Gasteiger partial charge >= 0.3 is 0 Å². The number of piperidine rings is 1. The van der Waals surface area contributed by atoms with Crippen molar-refractivity contribution in [1.82, 2.24) is 14.7 Å². The van der Waals surface area contributed by atoms with Gasteiger partial charge in [-0.05, 0) is 62.1 Å². The molecule has 0 aliphatic carbocycles. The molecule has 0 spiro atoms. The van der Waals surface area contributed by atoms with Crippen LogP contribution in [-0.2, 0) is 0 Å². The Kier molecular flexibility index (Phi) is 6.46. The zero-order valence-electron chi connectivity index (χ0n) is 19.3. The Balaban J connectivity index is 1.58. The molecular weight excluding hydrogens is 467 g/mol. The number of rotatable bonds is 4. The van der Waals surface area contributed by atoms with E-state index in [2.05, 4.69) is 10.00 Å². The summed E-state index contributed by atoms with van der Waals surface area (Å²) in [6.45, 7) is 3.07. The largest absolute Gasteiger partial charge is 0.371 e. The Labute approximate surface area is 208 Å². The topological polar surface area (TPSA) is 91.2 Å². The Bertz CT molecular complexity index is 1310. The van der Waals surface area contributed by atoms with Gasteiger partial charge in [0.05, 0.1) is 22.0 Å². The van der Waals surface area contributed by atoms with Crippen molar-refractivity contribution >= 4 is 23.2 Å². The molecule has 3 aromatic rings. The molecule has 0 bridgehead atoms. The first-order valence-electron chi connectivity index (χ1n) is 11.8. The molecule has 2 saturated heterocycles. The maximum atomic E-state index is 14.5. The molecule has 2 aliphatic rings. The highest BCUT2D eigenvalue weighted by molar-refractivity contribution is 6.32. The Morgan fingerprint density at radius 1 is 1.11 bits per heavy atom. The first-order valence-corrected chi connectivity index (χ1v) is 12.2. The van der Waals surface area contributed by atoms with E-state index in [9.17, 15) is 9.18 Å². The van der Waals surface area contributed by atoms with Crippen LogP contribution in [0.15, 0.2) is 42.5 Å². The summed E-state index contributed by atoms with van der Waals surface area (Å²) in [6, 6.07) is 13.5. The van der Waals surface area contributed by atoms with Crippen molar-refractivity contribution in [3.05, 3.63) is 64.6 Å². The highest BCUT2D eigenvalue weighted by Crippen LogP contribution is 2.33. The monoisotopic (exact) mass is 492 g/mol. The van der Waals surface area contributed by atoms with Crippen LogP contribution in [0.25, 0.3) is 16.9 Å². The third-order valence-corrected chi connectivity index (χ3v) is 6.99. The van der Waals surface area contributed by atoms with E-state index in [0.717, 1.165) is 44.5 Å². The second kappa shape index (κ2) is 9.68. The van der Waals surface area contributed by atoms with E-state index in [-0.39, 0.29) is 23.2 Å². The molecule has 3 heterocycles. The van der Waals surface area contributed by atoms with Crippen molar-refractivity contribution < 1.29 is 9.18 Å². The lowest BCUT2D eigenvalue weighted by atomic mass is 10.1. The van der Waals surface area contributed by atoms with Gasteiger partial charge in [0.1, 0.15) is 11.9 Å². The molecule has 2 fully saturated rings. The first-order chi connectivity index (χ1) is 16.9. The van der Waals surface area contributed by atoms with Gasteiger partial charge in [0.15, 0.2) is 5.69 Å². The number of carbonyl (C=O) groups excluding carboxylic acids is 1. The maximum Gasteiger partial charge on any atom is 0.274 e. The fraction of sp³-hybridized carbons (Fsp3) is 0.346. The van der Waals surface area contributed by atoms with Crippen molar-refractivity contribution in [2.24, 2.45) is 5.73 Å². The molecule has 9 heteroatoms. The van der Waals surface area contributed by atoms with Gasteiger partial charge in [0, 0.05) is 43.5 Å². The van der Waals surface area contributed by atoms with Crippen LogP contribution < -0.4 is 10.6 Å². The van der Waals surface area contributed by atoms with Gasteiger partial charge in [-0.1, -0.05) is 17.7 Å². The number of amides is 1. The average molecular weight is 493 g/mol. The van der Waals surface area contributed by atoms with E-state index < -0.39 is 5.82 Å². The minimum Gasteiger partial charge on any atom is -0.371 e. The maximum absolute atomic E-state index is 14.5. The molecule has 1 unspecified atom stereocenters. The Morgan fingerprint density at radius 3 is 2.60 bits per heavy atom. The molecule has 7 nitrogen and oxygen atoms in total. The molecule has 0 saturated carbocycles. The number of nitriles is 1.